The predicted octanol–water partition coefficient (Wildman–Crippen LogP) is 3.03. The fraction of sp³-hybridized carbons (Fsp3) is 0.308. The Morgan fingerprint density at radius 2 is 2.17 bits per heavy atom. The SMILES string of the molecule is Fc1ccc(F)c([C@@H]2CCCN2c2ccn[nH]2)c1. The van der Waals surface area contributed by atoms with Gasteiger partial charge in [-0.1, -0.05) is 0 Å². The smallest absolute Gasteiger partial charge is 0.128 e. The maximum atomic E-state index is 13.8. The molecule has 0 bridgehead atoms. The fourth-order valence-corrected chi connectivity index (χ4v) is 2.56. The molecule has 0 spiro atoms. The molecular weight excluding hydrogens is 236 g/mol. The van der Waals surface area contributed by atoms with Crippen molar-refractivity contribution in [2.75, 3.05) is 11.4 Å². The zero-order valence-electron chi connectivity index (χ0n) is 9.74. The molecule has 0 aliphatic carbocycles. The van der Waals surface area contributed by atoms with Crippen molar-refractivity contribution >= 4 is 5.82 Å². The first kappa shape index (κ1) is 11.2. The van der Waals surface area contributed by atoms with E-state index >= 15 is 0 Å². The number of aromatic amines is 1. The Bertz CT molecular complexity index is 539. The first-order chi connectivity index (χ1) is 8.75. The van der Waals surface area contributed by atoms with Crippen molar-refractivity contribution in [1.29, 1.82) is 0 Å². The van der Waals surface area contributed by atoms with Gasteiger partial charge in [-0.3, -0.25) is 5.10 Å². The van der Waals surface area contributed by atoms with Gasteiger partial charge in [0.2, 0.25) is 0 Å². The van der Waals surface area contributed by atoms with Crippen LogP contribution in [0.5, 0.6) is 0 Å². The van der Waals surface area contributed by atoms with Crippen LogP contribution in [0.3, 0.4) is 0 Å². The number of rotatable bonds is 2. The van der Waals surface area contributed by atoms with Gasteiger partial charge >= 0.3 is 0 Å². The van der Waals surface area contributed by atoms with Crippen LogP contribution >= 0.6 is 0 Å². The Kier molecular flexibility index (Phi) is 2.74. The molecule has 2 aromatic rings. The molecule has 1 fully saturated rings. The summed E-state index contributed by atoms with van der Waals surface area (Å²) >= 11 is 0. The van der Waals surface area contributed by atoms with Crippen molar-refractivity contribution in [2.24, 2.45) is 0 Å². The zero-order chi connectivity index (χ0) is 12.5. The summed E-state index contributed by atoms with van der Waals surface area (Å²) < 4.78 is 27.1. The summed E-state index contributed by atoms with van der Waals surface area (Å²) in [6.07, 6.45) is 3.44. The first-order valence-electron chi connectivity index (χ1n) is 5.96. The summed E-state index contributed by atoms with van der Waals surface area (Å²) in [6, 6.07) is 5.34. The van der Waals surface area contributed by atoms with E-state index in [1.807, 2.05) is 11.0 Å². The van der Waals surface area contributed by atoms with E-state index in [9.17, 15) is 8.78 Å². The molecular formula is C13H13F2N3. The fourth-order valence-electron chi connectivity index (χ4n) is 2.56. The van der Waals surface area contributed by atoms with Crippen LogP contribution in [0.25, 0.3) is 0 Å². The van der Waals surface area contributed by atoms with E-state index in [0.29, 0.717) is 5.56 Å². The molecule has 1 aliphatic heterocycles. The predicted molar refractivity (Wildman–Crippen MR) is 64.3 cm³/mol. The summed E-state index contributed by atoms with van der Waals surface area (Å²) in [5, 5.41) is 6.77. The molecule has 1 saturated heterocycles. The Balaban J connectivity index is 1.97. The number of halogens is 2. The van der Waals surface area contributed by atoms with Crippen LogP contribution in [0, 0.1) is 11.6 Å². The quantitative estimate of drug-likeness (QED) is 0.887. The second-order valence-corrected chi connectivity index (χ2v) is 4.46. The number of aromatic nitrogens is 2. The summed E-state index contributed by atoms with van der Waals surface area (Å²) in [4.78, 5) is 2.03. The highest BCUT2D eigenvalue weighted by Crippen LogP contribution is 2.36. The van der Waals surface area contributed by atoms with Crippen molar-refractivity contribution in [1.82, 2.24) is 10.2 Å². The van der Waals surface area contributed by atoms with Crippen LogP contribution in [-0.2, 0) is 0 Å². The van der Waals surface area contributed by atoms with Crippen LogP contribution in [0.1, 0.15) is 24.4 Å². The van der Waals surface area contributed by atoms with Crippen LogP contribution in [0.4, 0.5) is 14.6 Å². The molecule has 2 heterocycles. The molecule has 0 saturated carbocycles. The molecule has 3 nitrogen and oxygen atoms in total. The first-order valence-corrected chi connectivity index (χ1v) is 5.96. The Labute approximate surface area is 103 Å². The average Bonchev–Trinajstić information content (AvgIpc) is 3.00. The van der Waals surface area contributed by atoms with Crippen LogP contribution in [-0.4, -0.2) is 16.7 Å². The number of anilines is 1. The third-order valence-corrected chi connectivity index (χ3v) is 3.37. The van der Waals surface area contributed by atoms with Gasteiger partial charge in [0.05, 0.1) is 12.2 Å². The third-order valence-electron chi connectivity index (χ3n) is 3.37. The molecule has 5 heteroatoms. The second kappa shape index (κ2) is 4.40. The lowest BCUT2D eigenvalue weighted by atomic mass is 10.0. The Morgan fingerprint density at radius 3 is 2.94 bits per heavy atom. The normalized spacial score (nSPS) is 19.4. The maximum absolute atomic E-state index is 13.8. The highest BCUT2D eigenvalue weighted by atomic mass is 19.1. The van der Waals surface area contributed by atoms with Gasteiger partial charge in [-0.15, -0.1) is 0 Å². The van der Waals surface area contributed by atoms with Gasteiger partial charge in [-0.2, -0.15) is 5.10 Å². The zero-order valence-corrected chi connectivity index (χ0v) is 9.74. The Hall–Kier alpha value is -1.91. The van der Waals surface area contributed by atoms with Crippen molar-refractivity contribution in [3.8, 4) is 0 Å². The third kappa shape index (κ3) is 1.85. The lowest BCUT2D eigenvalue weighted by molar-refractivity contribution is 0.560. The average molecular weight is 249 g/mol. The molecule has 0 unspecified atom stereocenters. The number of benzene rings is 1. The van der Waals surface area contributed by atoms with E-state index in [0.717, 1.165) is 31.3 Å². The number of nitrogens with zero attached hydrogens (tertiary/aromatic N) is 2. The number of H-pyrrole nitrogens is 1. The van der Waals surface area contributed by atoms with Crippen LogP contribution < -0.4 is 4.90 Å². The van der Waals surface area contributed by atoms with Gasteiger partial charge in [-0.25, -0.2) is 8.78 Å². The minimum Gasteiger partial charge on any atom is -0.350 e. The topological polar surface area (TPSA) is 31.9 Å². The monoisotopic (exact) mass is 249 g/mol. The molecule has 1 aliphatic rings. The number of hydrogen-bond donors (Lipinski definition) is 1. The standard InChI is InChI=1S/C13H13F2N3/c14-9-3-4-11(15)10(8-9)12-2-1-7-18(12)13-5-6-16-17-13/h3-6,8,12H,1-2,7H2,(H,16,17)/t12-/m0/s1. The van der Waals surface area contributed by atoms with Gasteiger partial charge in [0.1, 0.15) is 17.5 Å². The molecule has 1 aromatic heterocycles. The van der Waals surface area contributed by atoms with E-state index in [1.54, 1.807) is 6.20 Å². The van der Waals surface area contributed by atoms with Crippen molar-refractivity contribution in [3.63, 3.8) is 0 Å². The van der Waals surface area contributed by atoms with Crippen molar-refractivity contribution in [2.45, 2.75) is 18.9 Å². The molecule has 1 N–H and O–H groups in total. The van der Waals surface area contributed by atoms with E-state index < -0.39 is 5.82 Å². The highest BCUT2D eigenvalue weighted by molar-refractivity contribution is 5.43. The van der Waals surface area contributed by atoms with E-state index in [4.69, 9.17) is 0 Å². The minimum atomic E-state index is -0.400. The van der Waals surface area contributed by atoms with Gasteiger partial charge in [0.25, 0.3) is 0 Å². The molecule has 0 amide bonds. The van der Waals surface area contributed by atoms with E-state index in [2.05, 4.69) is 10.2 Å². The van der Waals surface area contributed by atoms with Gasteiger partial charge in [0, 0.05) is 18.2 Å². The maximum Gasteiger partial charge on any atom is 0.128 e. The summed E-state index contributed by atoms with van der Waals surface area (Å²) in [6.45, 7) is 0.822. The number of nitrogens with one attached hydrogen (secondary N) is 1. The van der Waals surface area contributed by atoms with Crippen molar-refractivity contribution < 1.29 is 8.78 Å². The molecule has 18 heavy (non-hydrogen) atoms. The minimum absolute atomic E-state index is 0.124. The summed E-state index contributed by atoms with van der Waals surface area (Å²) in [5.41, 5.74) is 0.419. The molecule has 0 radical (unpaired) electrons. The molecule has 94 valence electrons. The second-order valence-electron chi connectivity index (χ2n) is 4.46. The Morgan fingerprint density at radius 1 is 1.28 bits per heavy atom. The van der Waals surface area contributed by atoms with Gasteiger partial charge in [0.15, 0.2) is 0 Å². The highest BCUT2D eigenvalue weighted by Gasteiger charge is 2.29. The molecule has 3 rings (SSSR count). The van der Waals surface area contributed by atoms with Gasteiger partial charge in [-0.05, 0) is 31.0 Å². The molecule has 1 atom stereocenters. The summed E-state index contributed by atoms with van der Waals surface area (Å²) in [5.74, 6) is 0.0943. The molecule has 1 aromatic carbocycles. The summed E-state index contributed by atoms with van der Waals surface area (Å²) in [7, 11) is 0. The lowest BCUT2D eigenvalue weighted by Crippen LogP contribution is -2.23. The van der Waals surface area contributed by atoms with E-state index in [1.165, 1.54) is 12.1 Å². The number of hydrogen-bond acceptors (Lipinski definition) is 2. The van der Waals surface area contributed by atoms with Crippen molar-refractivity contribution in [3.05, 3.63) is 47.7 Å². The van der Waals surface area contributed by atoms with Crippen LogP contribution in [0.2, 0.25) is 0 Å². The lowest BCUT2D eigenvalue weighted by Gasteiger charge is -2.25. The largest absolute Gasteiger partial charge is 0.350 e. The van der Waals surface area contributed by atoms with E-state index in [-0.39, 0.29) is 11.9 Å². The van der Waals surface area contributed by atoms with Gasteiger partial charge < -0.3 is 4.90 Å². The van der Waals surface area contributed by atoms with Crippen LogP contribution in [0.15, 0.2) is 30.5 Å².